The summed E-state index contributed by atoms with van der Waals surface area (Å²) < 4.78 is 5.21. The van der Waals surface area contributed by atoms with Crippen molar-refractivity contribution in [3.05, 3.63) is 0 Å². The lowest BCUT2D eigenvalue weighted by molar-refractivity contribution is 0.0593. The van der Waals surface area contributed by atoms with Crippen molar-refractivity contribution in [1.82, 2.24) is 10.2 Å². The number of ether oxygens (including phenoxy) is 1. The third-order valence-corrected chi connectivity index (χ3v) is 4.24. The van der Waals surface area contributed by atoms with Crippen molar-refractivity contribution < 1.29 is 4.74 Å². The lowest BCUT2D eigenvalue weighted by Gasteiger charge is -2.45. The molecule has 1 aliphatic rings. The fraction of sp³-hybridized carbons (Fsp3) is 1.00. The average Bonchev–Trinajstić information content (AvgIpc) is 2.32. The third-order valence-electron chi connectivity index (χ3n) is 4.24. The molecule has 0 aromatic heterocycles. The van der Waals surface area contributed by atoms with E-state index in [0.717, 1.165) is 31.5 Å². The van der Waals surface area contributed by atoms with Crippen LogP contribution in [0.1, 0.15) is 40.0 Å². The summed E-state index contributed by atoms with van der Waals surface area (Å²) in [7, 11) is 4.03. The number of hydrogen-bond acceptors (Lipinski definition) is 3. The molecule has 0 aliphatic heterocycles. The highest BCUT2D eigenvalue weighted by Gasteiger charge is 2.35. The summed E-state index contributed by atoms with van der Waals surface area (Å²) in [5, 5.41) is 3.76. The average molecular weight is 256 g/mol. The van der Waals surface area contributed by atoms with Crippen LogP contribution in [-0.2, 0) is 4.74 Å². The number of hydrogen-bond donors (Lipinski definition) is 1. The zero-order chi connectivity index (χ0) is 13.5. The van der Waals surface area contributed by atoms with Gasteiger partial charge in [-0.2, -0.15) is 0 Å². The van der Waals surface area contributed by atoms with Crippen LogP contribution in [0.3, 0.4) is 0 Å². The Kier molecular flexibility index (Phi) is 7.20. The van der Waals surface area contributed by atoms with Crippen LogP contribution >= 0.6 is 0 Å². The van der Waals surface area contributed by atoms with Crippen molar-refractivity contribution in [2.75, 3.05) is 33.9 Å². The maximum Gasteiger partial charge on any atom is 0.0589 e. The summed E-state index contributed by atoms with van der Waals surface area (Å²) in [5.41, 5.74) is 0. The van der Waals surface area contributed by atoms with Crippen LogP contribution in [0, 0.1) is 11.8 Å². The van der Waals surface area contributed by atoms with Crippen molar-refractivity contribution in [3.63, 3.8) is 0 Å². The largest absolute Gasteiger partial charge is 0.383 e. The Morgan fingerprint density at radius 2 is 2.00 bits per heavy atom. The molecule has 1 fully saturated rings. The Morgan fingerprint density at radius 1 is 1.28 bits per heavy atom. The smallest absolute Gasteiger partial charge is 0.0589 e. The van der Waals surface area contributed by atoms with Gasteiger partial charge >= 0.3 is 0 Å². The van der Waals surface area contributed by atoms with Gasteiger partial charge in [0.2, 0.25) is 0 Å². The molecular formula is C15H32N2O. The van der Waals surface area contributed by atoms with Crippen molar-refractivity contribution >= 4 is 0 Å². The van der Waals surface area contributed by atoms with Gasteiger partial charge in [0.05, 0.1) is 6.61 Å². The maximum atomic E-state index is 5.21. The summed E-state index contributed by atoms with van der Waals surface area (Å²) in [6, 6.07) is 1.30. The number of rotatable bonds is 7. The molecule has 0 bridgehead atoms. The first-order valence-electron chi connectivity index (χ1n) is 7.52. The molecule has 0 spiro atoms. The minimum Gasteiger partial charge on any atom is -0.383 e. The number of likely N-dealkylation sites (N-methyl/N-ethyl adjacent to an activating group) is 1. The highest BCUT2D eigenvalue weighted by atomic mass is 16.5. The van der Waals surface area contributed by atoms with E-state index in [4.69, 9.17) is 4.74 Å². The lowest BCUT2D eigenvalue weighted by Crippen LogP contribution is -2.56. The minimum atomic E-state index is 0.644. The molecule has 1 rings (SSSR count). The number of nitrogens with one attached hydrogen (secondary N) is 1. The van der Waals surface area contributed by atoms with Crippen molar-refractivity contribution in [3.8, 4) is 0 Å². The van der Waals surface area contributed by atoms with E-state index in [2.05, 4.69) is 38.0 Å². The molecule has 0 heterocycles. The number of nitrogens with zero attached hydrogens (tertiary/aromatic N) is 1. The second-order valence-electron chi connectivity index (χ2n) is 6.08. The Labute approximate surface area is 113 Å². The SMILES string of the molecule is CCCNC1CC(C)CC(C)C1N(C)CCOC. The van der Waals surface area contributed by atoms with Gasteiger partial charge in [-0.25, -0.2) is 0 Å². The Hall–Kier alpha value is -0.120. The van der Waals surface area contributed by atoms with Gasteiger partial charge in [-0.15, -0.1) is 0 Å². The summed E-state index contributed by atoms with van der Waals surface area (Å²) in [6.45, 7) is 10.0. The standard InChI is InChI=1S/C15H32N2O/c1-6-7-16-14-11-12(2)10-13(3)15(14)17(4)8-9-18-5/h12-16H,6-11H2,1-5H3. The van der Waals surface area contributed by atoms with E-state index in [-0.39, 0.29) is 0 Å². The monoisotopic (exact) mass is 256 g/mol. The van der Waals surface area contributed by atoms with Gasteiger partial charge in [0.25, 0.3) is 0 Å². The van der Waals surface area contributed by atoms with Crippen molar-refractivity contribution in [2.24, 2.45) is 11.8 Å². The lowest BCUT2D eigenvalue weighted by atomic mass is 9.76. The molecule has 1 saturated carbocycles. The molecule has 18 heavy (non-hydrogen) atoms. The molecule has 0 amide bonds. The van der Waals surface area contributed by atoms with Crippen LogP contribution in [-0.4, -0.2) is 50.8 Å². The fourth-order valence-electron chi connectivity index (χ4n) is 3.50. The predicted molar refractivity (Wildman–Crippen MR) is 77.9 cm³/mol. The highest BCUT2D eigenvalue weighted by molar-refractivity contribution is 4.93. The molecule has 0 aromatic carbocycles. The zero-order valence-electron chi connectivity index (χ0n) is 12.9. The topological polar surface area (TPSA) is 24.5 Å². The molecule has 1 N–H and O–H groups in total. The van der Waals surface area contributed by atoms with Crippen LogP contribution in [0.5, 0.6) is 0 Å². The molecule has 3 nitrogen and oxygen atoms in total. The van der Waals surface area contributed by atoms with Crippen LogP contribution in [0.4, 0.5) is 0 Å². The second-order valence-corrected chi connectivity index (χ2v) is 6.08. The zero-order valence-corrected chi connectivity index (χ0v) is 12.9. The van der Waals surface area contributed by atoms with Crippen LogP contribution < -0.4 is 5.32 Å². The van der Waals surface area contributed by atoms with E-state index >= 15 is 0 Å². The number of methoxy groups -OCH3 is 1. The van der Waals surface area contributed by atoms with Crippen molar-refractivity contribution in [2.45, 2.75) is 52.1 Å². The molecule has 0 saturated heterocycles. The van der Waals surface area contributed by atoms with E-state index in [1.807, 2.05) is 0 Å². The molecule has 1 aliphatic carbocycles. The first kappa shape index (κ1) is 15.9. The molecule has 0 aromatic rings. The van der Waals surface area contributed by atoms with Gasteiger partial charge in [-0.3, -0.25) is 4.90 Å². The molecular weight excluding hydrogens is 224 g/mol. The fourth-order valence-corrected chi connectivity index (χ4v) is 3.50. The van der Waals surface area contributed by atoms with Gasteiger partial charge in [-0.05, 0) is 44.7 Å². The van der Waals surface area contributed by atoms with E-state index in [9.17, 15) is 0 Å². The normalized spacial score (nSPS) is 33.0. The highest BCUT2D eigenvalue weighted by Crippen LogP contribution is 2.31. The molecule has 108 valence electrons. The molecule has 4 atom stereocenters. The van der Waals surface area contributed by atoms with Gasteiger partial charge in [-0.1, -0.05) is 20.8 Å². The summed E-state index contributed by atoms with van der Waals surface area (Å²) in [4.78, 5) is 2.49. The van der Waals surface area contributed by atoms with Crippen LogP contribution in [0.15, 0.2) is 0 Å². The molecule has 4 unspecified atom stereocenters. The molecule has 3 heteroatoms. The minimum absolute atomic E-state index is 0.644. The van der Waals surface area contributed by atoms with E-state index in [1.54, 1.807) is 7.11 Å². The van der Waals surface area contributed by atoms with Gasteiger partial charge in [0.15, 0.2) is 0 Å². The first-order valence-corrected chi connectivity index (χ1v) is 7.52. The summed E-state index contributed by atoms with van der Waals surface area (Å²) >= 11 is 0. The van der Waals surface area contributed by atoms with Gasteiger partial charge in [0.1, 0.15) is 0 Å². The predicted octanol–water partition coefficient (Wildman–Crippen LogP) is 2.37. The Balaban J connectivity index is 2.61. The molecule has 0 radical (unpaired) electrons. The Bertz CT molecular complexity index is 223. The maximum absolute atomic E-state index is 5.21. The summed E-state index contributed by atoms with van der Waals surface area (Å²) in [5.74, 6) is 1.62. The second kappa shape index (κ2) is 8.13. The van der Waals surface area contributed by atoms with Crippen molar-refractivity contribution in [1.29, 1.82) is 0 Å². The van der Waals surface area contributed by atoms with Gasteiger partial charge < -0.3 is 10.1 Å². The van der Waals surface area contributed by atoms with E-state index in [0.29, 0.717) is 12.1 Å². The van der Waals surface area contributed by atoms with E-state index < -0.39 is 0 Å². The summed E-state index contributed by atoms with van der Waals surface area (Å²) in [6.07, 6.45) is 3.88. The van der Waals surface area contributed by atoms with Crippen LogP contribution in [0.25, 0.3) is 0 Å². The first-order chi connectivity index (χ1) is 8.60. The van der Waals surface area contributed by atoms with Crippen LogP contribution in [0.2, 0.25) is 0 Å². The van der Waals surface area contributed by atoms with E-state index in [1.165, 1.54) is 19.3 Å². The quantitative estimate of drug-likeness (QED) is 0.757. The third kappa shape index (κ3) is 4.52. The van der Waals surface area contributed by atoms with Gasteiger partial charge in [0, 0.05) is 25.7 Å². The Morgan fingerprint density at radius 3 is 2.61 bits per heavy atom.